The quantitative estimate of drug-likeness (QED) is 0.828. The molecular weight excluding hydrogens is 336 g/mol. The van der Waals surface area contributed by atoms with Gasteiger partial charge in [-0.25, -0.2) is 0 Å². The van der Waals surface area contributed by atoms with Crippen molar-refractivity contribution in [2.24, 2.45) is 16.8 Å². The molecule has 26 heavy (non-hydrogen) atoms. The largest absolute Gasteiger partial charge is 0.508 e. The van der Waals surface area contributed by atoms with Crippen molar-refractivity contribution in [3.05, 3.63) is 23.8 Å². The summed E-state index contributed by atoms with van der Waals surface area (Å²) >= 11 is 0. The van der Waals surface area contributed by atoms with Crippen LogP contribution < -0.4 is 5.06 Å². The van der Waals surface area contributed by atoms with Crippen molar-refractivity contribution < 1.29 is 24.6 Å². The summed E-state index contributed by atoms with van der Waals surface area (Å²) in [7, 11) is 1.43. The highest BCUT2D eigenvalue weighted by Gasteiger charge is 2.67. The summed E-state index contributed by atoms with van der Waals surface area (Å²) < 4.78 is 6.09. The van der Waals surface area contributed by atoms with Crippen LogP contribution in [0.1, 0.15) is 25.3 Å². The average Bonchev–Trinajstić information content (AvgIpc) is 2.99. The zero-order valence-electron chi connectivity index (χ0n) is 14.8. The first-order valence-electron chi connectivity index (χ1n) is 9.11. The number of phenolic OH excluding ortho intramolecular Hbond substituents is 1. The summed E-state index contributed by atoms with van der Waals surface area (Å²) in [6, 6.07) is 4.78. The van der Waals surface area contributed by atoms with E-state index in [1.807, 2.05) is 0 Å². The molecule has 1 saturated carbocycles. The number of aromatic hydroxyl groups is 1. The fraction of sp³-hybridized carbons (Fsp3) is 0.579. The van der Waals surface area contributed by atoms with E-state index in [0.29, 0.717) is 18.7 Å². The van der Waals surface area contributed by atoms with Gasteiger partial charge in [0, 0.05) is 23.6 Å². The maximum atomic E-state index is 13.5. The second-order valence-electron chi connectivity index (χ2n) is 7.63. The maximum Gasteiger partial charge on any atom is 0.264 e. The highest BCUT2D eigenvalue weighted by atomic mass is 16.7. The number of amides is 1. The molecule has 0 radical (unpaired) electrons. The number of hydroxylamine groups is 1. The van der Waals surface area contributed by atoms with Gasteiger partial charge in [0.1, 0.15) is 17.3 Å². The molecule has 2 saturated heterocycles. The van der Waals surface area contributed by atoms with Crippen molar-refractivity contribution in [2.45, 2.75) is 43.4 Å². The minimum Gasteiger partial charge on any atom is -0.508 e. The van der Waals surface area contributed by atoms with E-state index in [2.05, 4.69) is 6.92 Å². The molecule has 2 N–H and O–H groups in total. The lowest BCUT2D eigenvalue weighted by Crippen LogP contribution is -2.58. The van der Waals surface area contributed by atoms with Crippen LogP contribution in [-0.4, -0.2) is 53.8 Å². The van der Waals surface area contributed by atoms with E-state index in [9.17, 15) is 15.0 Å². The van der Waals surface area contributed by atoms with Crippen LogP contribution in [0.5, 0.6) is 5.75 Å². The number of anilines is 1. The van der Waals surface area contributed by atoms with Crippen molar-refractivity contribution in [2.75, 3.05) is 18.8 Å². The molecule has 3 fully saturated rings. The number of aliphatic imine (C=N–C) groups is 1. The van der Waals surface area contributed by atoms with Crippen LogP contribution in [0, 0.1) is 11.8 Å². The fourth-order valence-corrected chi connectivity index (χ4v) is 5.58. The number of fused-ring (bicyclic) bond motifs is 2. The molecule has 1 amide bonds. The Labute approximate surface area is 151 Å². The summed E-state index contributed by atoms with van der Waals surface area (Å²) in [5, 5.41) is 22.3. The molecule has 1 aromatic rings. The van der Waals surface area contributed by atoms with Crippen LogP contribution in [0.4, 0.5) is 5.69 Å². The number of rotatable bonds is 2. The Hall–Kier alpha value is -1.96. The lowest BCUT2D eigenvalue weighted by molar-refractivity contribution is -0.152. The Morgan fingerprint density at radius 3 is 3.00 bits per heavy atom. The maximum absolute atomic E-state index is 13.5. The number of aliphatic hydroxyl groups is 1. The molecule has 6 atom stereocenters. The van der Waals surface area contributed by atoms with Crippen molar-refractivity contribution >= 4 is 17.3 Å². The number of hydrogen-bond donors (Lipinski definition) is 2. The number of benzene rings is 1. The first-order valence-corrected chi connectivity index (χ1v) is 9.11. The molecule has 5 aliphatic rings. The second-order valence-corrected chi connectivity index (χ2v) is 7.63. The first kappa shape index (κ1) is 16.2. The Morgan fingerprint density at radius 1 is 1.46 bits per heavy atom. The molecule has 6 rings (SSSR count). The van der Waals surface area contributed by atoms with Gasteiger partial charge >= 0.3 is 0 Å². The lowest BCUT2D eigenvalue weighted by atomic mass is 9.70. The number of hydrogen-bond acceptors (Lipinski definition) is 6. The Morgan fingerprint density at radius 2 is 2.27 bits per heavy atom. The summed E-state index contributed by atoms with van der Waals surface area (Å²) in [5.41, 5.74) is 1.23. The molecule has 138 valence electrons. The molecule has 4 aliphatic heterocycles. The van der Waals surface area contributed by atoms with E-state index < -0.39 is 17.6 Å². The van der Waals surface area contributed by atoms with Crippen molar-refractivity contribution in [1.82, 2.24) is 0 Å². The van der Waals surface area contributed by atoms with Crippen LogP contribution >= 0.6 is 0 Å². The molecule has 7 nitrogen and oxygen atoms in total. The molecule has 1 aliphatic carbocycles. The van der Waals surface area contributed by atoms with Gasteiger partial charge in [0.2, 0.25) is 0 Å². The minimum absolute atomic E-state index is 0.0481. The van der Waals surface area contributed by atoms with Crippen LogP contribution in [0.15, 0.2) is 23.2 Å². The number of nitrogens with zero attached hydrogens (tertiary/aromatic N) is 2. The highest BCUT2D eigenvalue weighted by molar-refractivity contribution is 6.08. The summed E-state index contributed by atoms with van der Waals surface area (Å²) in [6.45, 7) is 2.55. The lowest BCUT2D eigenvalue weighted by Gasteiger charge is -2.42. The molecule has 7 heteroatoms. The Balaban J connectivity index is 1.73. The zero-order chi connectivity index (χ0) is 18.2. The summed E-state index contributed by atoms with van der Waals surface area (Å²) in [4.78, 5) is 23.7. The van der Waals surface area contributed by atoms with Gasteiger partial charge in [-0.3, -0.25) is 14.6 Å². The number of carbonyl (C=O) groups excluding carboxylic acids is 1. The van der Waals surface area contributed by atoms with E-state index in [0.717, 1.165) is 17.7 Å². The molecular formula is C19H22N2O5. The van der Waals surface area contributed by atoms with Crippen LogP contribution in [-0.2, 0) is 19.8 Å². The SMILES string of the molecule is CCC1=NC2CC3(C(=O)N(OC)c4cc(O)ccc43)C3OCC2C1C3O. The van der Waals surface area contributed by atoms with Gasteiger partial charge in [-0.1, -0.05) is 13.0 Å². The first-order chi connectivity index (χ1) is 12.5. The van der Waals surface area contributed by atoms with Gasteiger partial charge in [0.05, 0.1) is 31.5 Å². The van der Waals surface area contributed by atoms with Crippen molar-refractivity contribution in [3.8, 4) is 5.75 Å². The van der Waals surface area contributed by atoms with Crippen LogP contribution in [0.25, 0.3) is 0 Å². The number of carbonyl (C=O) groups is 1. The van der Waals surface area contributed by atoms with Crippen molar-refractivity contribution in [3.63, 3.8) is 0 Å². The Kier molecular flexibility index (Phi) is 3.30. The summed E-state index contributed by atoms with van der Waals surface area (Å²) in [5.74, 6) is -0.137. The monoisotopic (exact) mass is 358 g/mol. The number of ether oxygens (including phenoxy) is 1. The fourth-order valence-electron chi connectivity index (χ4n) is 5.58. The van der Waals surface area contributed by atoms with E-state index in [4.69, 9.17) is 14.6 Å². The molecule has 6 unspecified atom stereocenters. The number of phenols is 1. The van der Waals surface area contributed by atoms with Crippen LogP contribution in [0.2, 0.25) is 0 Å². The topological polar surface area (TPSA) is 91.6 Å². The Bertz CT molecular complexity index is 824. The van der Waals surface area contributed by atoms with Gasteiger partial charge in [-0.15, -0.1) is 0 Å². The van der Waals surface area contributed by atoms with Gasteiger partial charge in [0.15, 0.2) is 0 Å². The number of aliphatic hydroxyl groups excluding tert-OH is 1. The van der Waals surface area contributed by atoms with E-state index in [1.165, 1.54) is 18.2 Å². The van der Waals surface area contributed by atoms with Crippen molar-refractivity contribution in [1.29, 1.82) is 0 Å². The standard InChI is InChI=1S/C19H22N2O5/c1-3-12-15-10-8-26-17(16(15)23)19(7-13(10)20-12)11-5-4-9(22)6-14(11)21(25-2)18(19)24/h4-6,10,13,15-17,22-23H,3,7-8H2,1-2H3. The smallest absolute Gasteiger partial charge is 0.264 e. The van der Waals surface area contributed by atoms with E-state index >= 15 is 0 Å². The predicted octanol–water partition coefficient (Wildman–Crippen LogP) is 1.17. The van der Waals surface area contributed by atoms with Gasteiger partial charge < -0.3 is 14.9 Å². The predicted molar refractivity (Wildman–Crippen MR) is 93.1 cm³/mol. The van der Waals surface area contributed by atoms with E-state index in [-0.39, 0.29) is 29.5 Å². The highest BCUT2D eigenvalue weighted by Crippen LogP contribution is 2.57. The minimum atomic E-state index is -1.05. The zero-order valence-corrected chi connectivity index (χ0v) is 14.8. The molecule has 0 aromatic heterocycles. The van der Waals surface area contributed by atoms with Gasteiger partial charge in [-0.05, 0) is 24.5 Å². The molecule has 1 spiro atoms. The van der Waals surface area contributed by atoms with Gasteiger partial charge in [-0.2, -0.15) is 5.06 Å². The molecule has 4 heterocycles. The average molecular weight is 358 g/mol. The molecule has 1 aromatic carbocycles. The third-order valence-corrected chi connectivity index (χ3v) is 6.63. The third kappa shape index (κ3) is 1.73. The third-order valence-electron chi connectivity index (χ3n) is 6.63. The normalized spacial score (nSPS) is 40.1. The summed E-state index contributed by atoms with van der Waals surface area (Å²) in [6.07, 6.45) is -0.156. The van der Waals surface area contributed by atoms with E-state index in [1.54, 1.807) is 12.1 Å². The van der Waals surface area contributed by atoms with Gasteiger partial charge in [0.25, 0.3) is 5.91 Å². The second kappa shape index (κ2) is 5.28. The van der Waals surface area contributed by atoms with Crippen LogP contribution in [0.3, 0.4) is 0 Å². The molecule has 4 bridgehead atoms.